The van der Waals surface area contributed by atoms with E-state index in [1.807, 2.05) is 49.5 Å². The number of nitrogen functional groups attached to an aromatic ring is 1. The van der Waals surface area contributed by atoms with Crippen LogP contribution in [0.1, 0.15) is 35.1 Å². The molecule has 1 aliphatic heterocycles. The highest BCUT2D eigenvalue weighted by Gasteiger charge is 2.30. The number of nitrogens with zero attached hydrogens (tertiary/aromatic N) is 4. The third-order valence-electron chi connectivity index (χ3n) is 6.64. The van der Waals surface area contributed by atoms with Crippen molar-refractivity contribution < 1.29 is 4.79 Å². The summed E-state index contributed by atoms with van der Waals surface area (Å²) in [5.74, 6) is 0.483. The minimum atomic E-state index is -0.569. The van der Waals surface area contributed by atoms with Gasteiger partial charge in [0.15, 0.2) is 5.82 Å². The SMILES string of the molecule is Cc1nc(N)ccc1CNC(=O)[C@@H]1CCc2cnc(NCCc3ccc(-c4ccccc4)cn3)c(=O)n21.Cl.Cl. The van der Waals surface area contributed by atoms with Crippen molar-refractivity contribution in [2.75, 3.05) is 17.6 Å². The Morgan fingerprint density at radius 3 is 2.54 bits per heavy atom. The van der Waals surface area contributed by atoms with E-state index in [1.165, 1.54) is 0 Å². The third-order valence-corrected chi connectivity index (χ3v) is 6.64. The van der Waals surface area contributed by atoms with E-state index < -0.39 is 6.04 Å². The minimum Gasteiger partial charge on any atom is -0.384 e. The number of hydrogen-bond donors (Lipinski definition) is 3. The molecule has 39 heavy (non-hydrogen) atoms. The van der Waals surface area contributed by atoms with Crippen molar-refractivity contribution in [2.45, 2.75) is 38.8 Å². The van der Waals surface area contributed by atoms with Gasteiger partial charge in [0.2, 0.25) is 5.91 Å². The molecule has 3 aromatic heterocycles. The molecule has 0 aliphatic carbocycles. The summed E-state index contributed by atoms with van der Waals surface area (Å²) in [5, 5.41) is 6.07. The molecule has 1 aliphatic rings. The average Bonchev–Trinajstić information content (AvgIpc) is 3.35. The molecule has 4 heterocycles. The summed E-state index contributed by atoms with van der Waals surface area (Å²) < 4.78 is 1.56. The van der Waals surface area contributed by atoms with Gasteiger partial charge in [-0.1, -0.05) is 42.5 Å². The van der Waals surface area contributed by atoms with Crippen LogP contribution in [0.25, 0.3) is 11.1 Å². The number of hydrogen-bond acceptors (Lipinski definition) is 7. The first-order valence-corrected chi connectivity index (χ1v) is 12.3. The molecule has 0 spiro atoms. The van der Waals surface area contributed by atoms with E-state index in [2.05, 4.69) is 37.7 Å². The third kappa shape index (κ3) is 6.74. The number of halogens is 2. The van der Waals surface area contributed by atoms with Crippen LogP contribution in [-0.4, -0.2) is 32.0 Å². The van der Waals surface area contributed by atoms with Crippen LogP contribution in [0.3, 0.4) is 0 Å². The summed E-state index contributed by atoms with van der Waals surface area (Å²) in [6.45, 7) is 2.67. The number of rotatable bonds is 8. The van der Waals surface area contributed by atoms with Gasteiger partial charge in [0, 0.05) is 54.5 Å². The molecular weight excluding hydrogens is 537 g/mol. The van der Waals surface area contributed by atoms with Gasteiger partial charge in [0.25, 0.3) is 5.56 Å². The van der Waals surface area contributed by atoms with Gasteiger partial charge in [0.1, 0.15) is 11.9 Å². The normalized spacial score (nSPS) is 13.5. The summed E-state index contributed by atoms with van der Waals surface area (Å²) in [6.07, 6.45) is 5.36. The van der Waals surface area contributed by atoms with E-state index in [0.29, 0.717) is 38.2 Å². The number of benzene rings is 1. The second kappa shape index (κ2) is 13.2. The molecule has 0 saturated heterocycles. The monoisotopic (exact) mass is 567 g/mol. The average molecular weight is 569 g/mol. The number of aromatic nitrogens is 4. The fourth-order valence-electron chi connectivity index (χ4n) is 4.59. The predicted molar refractivity (Wildman–Crippen MR) is 157 cm³/mol. The molecule has 5 rings (SSSR count). The molecule has 0 radical (unpaired) electrons. The first-order valence-electron chi connectivity index (χ1n) is 12.3. The van der Waals surface area contributed by atoms with Crippen LogP contribution in [0.5, 0.6) is 0 Å². The van der Waals surface area contributed by atoms with Crippen molar-refractivity contribution in [2.24, 2.45) is 0 Å². The van der Waals surface area contributed by atoms with Crippen molar-refractivity contribution >= 4 is 42.4 Å². The number of nitrogens with one attached hydrogen (secondary N) is 2. The summed E-state index contributed by atoms with van der Waals surface area (Å²) >= 11 is 0. The molecule has 0 fully saturated rings. The number of amides is 1. The van der Waals surface area contributed by atoms with Crippen molar-refractivity contribution in [3.63, 3.8) is 0 Å². The van der Waals surface area contributed by atoms with E-state index in [9.17, 15) is 9.59 Å². The summed E-state index contributed by atoms with van der Waals surface area (Å²) in [6, 6.07) is 17.1. The summed E-state index contributed by atoms with van der Waals surface area (Å²) in [4.78, 5) is 39.3. The lowest BCUT2D eigenvalue weighted by Gasteiger charge is -2.16. The van der Waals surface area contributed by atoms with Gasteiger partial charge >= 0.3 is 0 Å². The molecule has 4 N–H and O–H groups in total. The zero-order valence-corrected chi connectivity index (χ0v) is 23.1. The Hall–Kier alpha value is -3.95. The van der Waals surface area contributed by atoms with E-state index >= 15 is 0 Å². The fourth-order valence-corrected chi connectivity index (χ4v) is 4.59. The maximum atomic E-state index is 13.2. The van der Waals surface area contributed by atoms with Crippen molar-refractivity contribution in [3.05, 3.63) is 100.0 Å². The Bertz CT molecular complexity index is 1480. The molecule has 0 unspecified atom stereocenters. The van der Waals surface area contributed by atoms with Gasteiger partial charge in [-0.2, -0.15) is 0 Å². The standard InChI is InChI=1S/C28H29N7O2.2ClH/c1-18-20(8-12-25(29)34-18)15-33-27(36)24-11-10-23-17-32-26(28(37)35(23)24)30-14-13-22-9-7-21(16-31-22)19-5-3-2-4-6-19;;/h2-9,12,16-17,24H,10-11,13-15H2,1H3,(H2,29,34)(H,30,32)(H,33,36);2*1H/t24-;;/m0../s1. The maximum absolute atomic E-state index is 13.2. The summed E-state index contributed by atoms with van der Waals surface area (Å²) in [5.41, 5.74) is 10.9. The van der Waals surface area contributed by atoms with Gasteiger partial charge in [-0.25, -0.2) is 9.97 Å². The zero-order valence-electron chi connectivity index (χ0n) is 21.5. The lowest BCUT2D eigenvalue weighted by Crippen LogP contribution is -2.36. The Morgan fingerprint density at radius 1 is 1.03 bits per heavy atom. The van der Waals surface area contributed by atoms with E-state index in [1.54, 1.807) is 16.8 Å². The largest absolute Gasteiger partial charge is 0.384 e. The molecule has 11 heteroatoms. The number of carbonyl (C=O) groups is 1. The number of anilines is 2. The minimum absolute atomic E-state index is 0. The molecule has 1 atom stereocenters. The number of nitrogens with two attached hydrogens (primary N) is 1. The van der Waals surface area contributed by atoms with Gasteiger partial charge in [-0.3, -0.25) is 19.1 Å². The second-order valence-corrected chi connectivity index (χ2v) is 9.11. The highest BCUT2D eigenvalue weighted by atomic mass is 35.5. The molecule has 9 nitrogen and oxygen atoms in total. The predicted octanol–water partition coefficient (Wildman–Crippen LogP) is 3.89. The topological polar surface area (TPSA) is 128 Å². The van der Waals surface area contributed by atoms with Gasteiger partial charge < -0.3 is 16.4 Å². The molecule has 1 aromatic carbocycles. The first kappa shape index (κ1) is 29.6. The second-order valence-electron chi connectivity index (χ2n) is 9.11. The molecule has 0 saturated carbocycles. The Labute approximate surface area is 239 Å². The van der Waals surface area contributed by atoms with Crippen LogP contribution >= 0.6 is 24.8 Å². The molecule has 204 valence electrons. The van der Waals surface area contributed by atoms with Crippen LogP contribution in [0.2, 0.25) is 0 Å². The zero-order chi connectivity index (χ0) is 25.8. The summed E-state index contributed by atoms with van der Waals surface area (Å²) in [7, 11) is 0. The number of aryl methyl sites for hydroxylation is 2. The quantitative estimate of drug-likeness (QED) is 0.294. The Balaban J connectivity index is 0.00000210. The smallest absolute Gasteiger partial charge is 0.294 e. The number of fused-ring (bicyclic) bond motifs is 1. The van der Waals surface area contributed by atoms with Crippen LogP contribution < -0.4 is 21.9 Å². The lowest BCUT2D eigenvalue weighted by atomic mass is 10.1. The van der Waals surface area contributed by atoms with Crippen LogP contribution in [0.15, 0.2) is 71.8 Å². The molecule has 4 aromatic rings. The molecule has 0 bridgehead atoms. The van der Waals surface area contributed by atoms with Crippen LogP contribution in [0, 0.1) is 6.92 Å². The number of pyridine rings is 2. The van der Waals surface area contributed by atoms with E-state index in [0.717, 1.165) is 33.8 Å². The van der Waals surface area contributed by atoms with Crippen molar-refractivity contribution in [1.29, 1.82) is 0 Å². The van der Waals surface area contributed by atoms with Gasteiger partial charge in [-0.15, -0.1) is 24.8 Å². The Morgan fingerprint density at radius 2 is 1.82 bits per heavy atom. The van der Waals surface area contributed by atoms with Crippen LogP contribution in [0.4, 0.5) is 11.6 Å². The molecule has 1 amide bonds. The maximum Gasteiger partial charge on any atom is 0.294 e. The molecular formula is C28H31Cl2N7O2. The van der Waals surface area contributed by atoms with Crippen molar-refractivity contribution in [1.82, 2.24) is 24.8 Å². The van der Waals surface area contributed by atoms with Crippen LogP contribution in [-0.2, 0) is 24.2 Å². The Kier molecular flexibility index (Phi) is 10.0. The van der Waals surface area contributed by atoms with Gasteiger partial charge in [0.05, 0.1) is 0 Å². The highest BCUT2D eigenvalue weighted by molar-refractivity contribution is 5.85. The van der Waals surface area contributed by atoms with Crippen molar-refractivity contribution in [3.8, 4) is 11.1 Å². The highest BCUT2D eigenvalue weighted by Crippen LogP contribution is 2.24. The first-order chi connectivity index (χ1) is 18.0. The number of carbonyl (C=O) groups excluding carboxylic acids is 1. The lowest BCUT2D eigenvalue weighted by molar-refractivity contribution is -0.124. The fraction of sp³-hybridized carbons (Fsp3) is 0.250. The van der Waals surface area contributed by atoms with E-state index in [4.69, 9.17) is 5.73 Å². The van der Waals surface area contributed by atoms with Gasteiger partial charge in [-0.05, 0) is 43.0 Å². The van der Waals surface area contributed by atoms with E-state index in [-0.39, 0.29) is 42.1 Å².